The Kier molecular flexibility index (Phi) is 7.93. The predicted octanol–water partition coefficient (Wildman–Crippen LogP) is 15.1. The second kappa shape index (κ2) is 13.5. The van der Waals surface area contributed by atoms with E-state index in [1.807, 2.05) is 0 Å². The van der Waals surface area contributed by atoms with Gasteiger partial charge in [-0.3, -0.25) is 0 Å². The van der Waals surface area contributed by atoms with Crippen LogP contribution in [0.15, 0.2) is 218 Å². The van der Waals surface area contributed by atoms with Crippen molar-refractivity contribution in [2.75, 3.05) is 0 Å². The zero-order valence-electron chi connectivity index (χ0n) is 29.8. The van der Waals surface area contributed by atoms with Crippen LogP contribution in [0.4, 0.5) is 0 Å². The van der Waals surface area contributed by atoms with Gasteiger partial charge in [0.1, 0.15) is 0 Å². The zero-order valence-corrected chi connectivity index (χ0v) is 29.8. The first kappa shape index (κ1) is 31.7. The van der Waals surface area contributed by atoms with E-state index in [4.69, 9.17) is 0 Å². The first-order valence-electron chi connectivity index (χ1n) is 18.7. The van der Waals surface area contributed by atoms with E-state index in [-0.39, 0.29) is 0 Å². The van der Waals surface area contributed by atoms with Gasteiger partial charge in [-0.2, -0.15) is 0 Å². The summed E-state index contributed by atoms with van der Waals surface area (Å²) < 4.78 is 0. The Bertz CT molecular complexity index is 2760. The Morgan fingerprint density at radius 3 is 0.963 bits per heavy atom. The third-order valence-electron chi connectivity index (χ3n) is 10.8. The first-order chi connectivity index (χ1) is 26.7. The number of rotatable bonds is 6. The lowest BCUT2D eigenvalue weighted by atomic mass is 9.89. The van der Waals surface area contributed by atoms with E-state index in [0.717, 1.165) is 0 Å². The summed E-state index contributed by atoms with van der Waals surface area (Å²) in [5.74, 6) is 0. The minimum atomic E-state index is 1.21. The van der Waals surface area contributed by atoms with Gasteiger partial charge < -0.3 is 0 Å². The van der Waals surface area contributed by atoms with E-state index in [1.165, 1.54) is 99.1 Å². The van der Waals surface area contributed by atoms with Crippen molar-refractivity contribution in [1.82, 2.24) is 0 Å². The molecule has 252 valence electrons. The molecule has 0 saturated heterocycles. The fraction of sp³-hybridized carbons (Fsp3) is 0. The van der Waals surface area contributed by atoms with Gasteiger partial charge in [0.05, 0.1) is 0 Å². The van der Waals surface area contributed by atoms with Gasteiger partial charge in [-0.05, 0) is 148 Å². The summed E-state index contributed by atoms with van der Waals surface area (Å²) in [6.45, 7) is 0. The van der Waals surface area contributed by atoms with Crippen LogP contribution >= 0.6 is 0 Å². The van der Waals surface area contributed by atoms with E-state index in [9.17, 15) is 0 Å². The van der Waals surface area contributed by atoms with Crippen LogP contribution < -0.4 is 0 Å². The van der Waals surface area contributed by atoms with Crippen LogP contribution in [0.5, 0.6) is 0 Å². The summed E-state index contributed by atoms with van der Waals surface area (Å²) in [4.78, 5) is 0. The van der Waals surface area contributed by atoms with Gasteiger partial charge in [0.25, 0.3) is 0 Å². The summed E-state index contributed by atoms with van der Waals surface area (Å²) in [5.41, 5.74) is 14.6. The molecule has 0 fully saturated rings. The Morgan fingerprint density at radius 2 is 0.519 bits per heavy atom. The zero-order chi connectivity index (χ0) is 35.8. The molecule has 0 amide bonds. The van der Waals surface area contributed by atoms with Crippen molar-refractivity contribution in [3.05, 3.63) is 218 Å². The van der Waals surface area contributed by atoms with E-state index in [2.05, 4.69) is 218 Å². The summed E-state index contributed by atoms with van der Waals surface area (Å²) in [7, 11) is 0. The molecule has 0 unspecified atom stereocenters. The molecule has 0 N–H and O–H groups in total. The van der Waals surface area contributed by atoms with Crippen molar-refractivity contribution in [2.24, 2.45) is 0 Å². The average molecular weight is 685 g/mol. The van der Waals surface area contributed by atoms with Gasteiger partial charge in [-0.25, -0.2) is 0 Å². The van der Waals surface area contributed by atoms with Crippen LogP contribution in [0.2, 0.25) is 0 Å². The molecule has 0 aliphatic rings. The maximum atomic E-state index is 2.35. The Hall–Kier alpha value is -7.02. The molecule has 0 atom stereocenters. The highest BCUT2D eigenvalue weighted by Gasteiger charge is 2.13. The van der Waals surface area contributed by atoms with Gasteiger partial charge in [0, 0.05) is 0 Å². The van der Waals surface area contributed by atoms with Crippen molar-refractivity contribution in [3.8, 4) is 66.8 Å². The summed E-state index contributed by atoms with van der Waals surface area (Å²) >= 11 is 0. The highest BCUT2D eigenvalue weighted by Crippen LogP contribution is 2.39. The number of hydrogen-bond acceptors (Lipinski definition) is 0. The minimum Gasteiger partial charge on any atom is -0.0622 e. The van der Waals surface area contributed by atoms with Gasteiger partial charge in [0.2, 0.25) is 0 Å². The van der Waals surface area contributed by atoms with Gasteiger partial charge >= 0.3 is 0 Å². The van der Waals surface area contributed by atoms with Crippen molar-refractivity contribution < 1.29 is 0 Å². The van der Waals surface area contributed by atoms with E-state index < -0.39 is 0 Å². The molecule has 10 aromatic rings. The summed E-state index contributed by atoms with van der Waals surface area (Å²) in [5, 5.41) is 7.48. The van der Waals surface area contributed by atoms with E-state index in [1.54, 1.807) is 0 Å². The lowest BCUT2D eigenvalue weighted by Gasteiger charge is -2.15. The highest BCUT2D eigenvalue weighted by molar-refractivity contribution is 6.00. The van der Waals surface area contributed by atoms with Crippen molar-refractivity contribution in [1.29, 1.82) is 0 Å². The van der Waals surface area contributed by atoms with E-state index in [0.29, 0.717) is 0 Å². The molecule has 10 rings (SSSR count). The fourth-order valence-corrected chi connectivity index (χ4v) is 8.05. The molecule has 0 saturated carbocycles. The van der Waals surface area contributed by atoms with E-state index >= 15 is 0 Å². The molecule has 0 aromatic heterocycles. The molecule has 0 radical (unpaired) electrons. The maximum absolute atomic E-state index is 2.35. The van der Waals surface area contributed by atoms with Crippen LogP contribution in [0, 0.1) is 0 Å². The first-order valence-corrected chi connectivity index (χ1v) is 18.7. The molecule has 10 aromatic carbocycles. The fourth-order valence-electron chi connectivity index (χ4n) is 8.05. The van der Waals surface area contributed by atoms with Gasteiger partial charge in [0.15, 0.2) is 0 Å². The smallest absolute Gasteiger partial charge is 0.0105 e. The molecule has 0 heteroatoms. The average Bonchev–Trinajstić information content (AvgIpc) is 3.26. The lowest BCUT2D eigenvalue weighted by Crippen LogP contribution is -1.89. The monoisotopic (exact) mass is 684 g/mol. The Balaban J connectivity index is 1.09. The standard InChI is InChI=1S/C54H36/c1-3-13-37(14-4-1)45-31-47(35-49(33-45)53-23-11-19-39-17-7-9-21-51(39)53)43-27-25-42-30-44(28-26-41(42)29-43)48-32-46(38-15-5-2-6-16-38)34-50(36-48)54-24-12-20-40-18-8-10-22-52(40)54/h1-36H. The second-order valence-corrected chi connectivity index (χ2v) is 14.2. The molecule has 0 aliphatic heterocycles. The second-order valence-electron chi connectivity index (χ2n) is 14.2. The Morgan fingerprint density at radius 1 is 0.167 bits per heavy atom. The third-order valence-corrected chi connectivity index (χ3v) is 10.8. The molecule has 0 nitrogen and oxygen atoms in total. The number of hydrogen-bond donors (Lipinski definition) is 0. The highest BCUT2D eigenvalue weighted by atomic mass is 14.2. The normalized spacial score (nSPS) is 11.3. The molecule has 54 heavy (non-hydrogen) atoms. The molecular formula is C54H36. The van der Waals surface area contributed by atoms with Crippen LogP contribution in [0.3, 0.4) is 0 Å². The van der Waals surface area contributed by atoms with Crippen LogP contribution in [-0.2, 0) is 0 Å². The largest absolute Gasteiger partial charge is 0.0622 e. The van der Waals surface area contributed by atoms with Crippen molar-refractivity contribution >= 4 is 32.3 Å². The minimum absolute atomic E-state index is 1.21. The lowest BCUT2D eigenvalue weighted by molar-refractivity contribution is 1.58. The van der Waals surface area contributed by atoms with Crippen LogP contribution in [0.25, 0.3) is 99.1 Å². The molecular weight excluding hydrogens is 649 g/mol. The number of fused-ring (bicyclic) bond motifs is 3. The SMILES string of the molecule is c1ccc(-c2cc(-c3ccc4cc(-c5cc(-c6ccccc6)cc(-c6cccc7ccccc67)c5)ccc4c3)cc(-c3cccc4ccccc34)c2)cc1. The molecule has 0 heterocycles. The quantitative estimate of drug-likeness (QED) is 0.164. The van der Waals surface area contributed by atoms with Crippen molar-refractivity contribution in [3.63, 3.8) is 0 Å². The maximum Gasteiger partial charge on any atom is -0.0105 e. The predicted molar refractivity (Wildman–Crippen MR) is 232 cm³/mol. The number of benzene rings is 10. The third kappa shape index (κ3) is 5.94. The Labute approximate surface area is 316 Å². The molecule has 0 aliphatic carbocycles. The molecule has 0 bridgehead atoms. The van der Waals surface area contributed by atoms with Gasteiger partial charge in [-0.1, -0.05) is 170 Å². The molecule has 0 spiro atoms. The van der Waals surface area contributed by atoms with Crippen LogP contribution in [-0.4, -0.2) is 0 Å². The summed E-state index contributed by atoms with van der Waals surface area (Å²) in [6, 6.07) is 79.9. The van der Waals surface area contributed by atoms with Gasteiger partial charge in [-0.15, -0.1) is 0 Å². The van der Waals surface area contributed by atoms with Crippen LogP contribution in [0.1, 0.15) is 0 Å². The summed E-state index contributed by atoms with van der Waals surface area (Å²) in [6.07, 6.45) is 0. The van der Waals surface area contributed by atoms with Crippen molar-refractivity contribution in [2.45, 2.75) is 0 Å². The topological polar surface area (TPSA) is 0 Å².